The minimum Gasteiger partial charge on any atom is -0.481 e. The number of aliphatic carboxylic acids is 2. The smallest absolute Gasteiger partial charge is 0.311 e. The largest absolute Gasteiger partial charge is 0.481 e. The summed E-state index contributed by atoms with van der Waals surface area (Å²) in [4.78, 5) is 32.0. The average molecular weight is 534 g/mol. The van der Waals surface area contributed by atoms with Crippen molar-refractivity contribution in [1.29, 1.82) is 0 Å². The highest BCUT2D eigenvalue weighted by atomic mass is 35.5. The molecular weight excluding hydrogens is 494 g/mol. The van der Waals surface area contributed by atoms with Crippen LogP contribution in [0.1, 0.15) is 88.6 Å². The normalized spacial score (nSPS) is 13.7. The third kappa shape index (κ3) is 14.7. The lowest BCUT2D eigenvalue weighted by Crippen LogP contribution is -2.25. The van der Waals surface area contributed by atoms with Crippen LogP contribution in [0.3, 0.4) is 0 Å². The summed E-state index contributed by atoms with van der Waals surface area (Å²) in [7, 11) is 0. The van der Waals surface area contributed by atoms with Gasteiger partial charge < -0.3 is 19.9 Å². The first kappa shape index (κ1) is 33.7. The Bertz CT molecular complexity index is 1040. The fraction of sp³-hybridized carbons (Fsp3) is 0.414. The summed E-state index contributed by atoms with van der Waals surface area (Å²) in [5.74, 6) is -2.51. The Labute approximate surface area is 225 Å². The highest BCUT2D eigenvalue weighted by Crippen LogP contribution is 2.27. The van der Waals surface area contributed by atoms with Crippen molar-refractivity contribution < 1.29 is 29.0 Å². The lowest BCUT2D eigenvalue weighted by Gasteiger charge is -2.11. The zero-order valence-electron chi connectivity index (χ0n) is 22.5. The molecule has 0 saturated carbocycles. The van der Waals surface area contributed by atoms with E-state index in [4.69, 9.17) is 26.2 Å². The SMILES string of the molecule is C/C1=C/CCC=C(c2cccc(Cl)c2)CC1.CC.CC.O=C(O)CCNC(=O)c1ccc(CC(=O)O)o1. The van der Waals surface area contributed by atoms with E-state index in [0.717, 1.165) is 24.3 Å². The Kier molecular flexibility index (Phi) is 18.0. The number of amides is 1. The number of hydrogen-bond acceptors (Lipinski definition) is 4. The second-order valence-corrected chi connectivity index (χ2v) is 8.04. The maximum atomic E-state index is 11.4. The summed E-state index contributed by atoms with van der Waals surface area (Å²) in [6, 6.07) is 10.9. The molecule has 2 aromatic rings. The van der Waals surface area contributed by atoms with Gasteiger partial charge in [-0.15, -0.1) is 0 Å². The molecule has 0 radical (unpaired) electrons. The van der Waals surface area contributed by atoms with Gasteiger partial charge in [0.15, 0.2) is 5.76 Å². The Morgan fingerprint density at radius 2 is 1.62 bits per heavy atom. The molecule has 204 valence electrons. The summed E-state index contributed by atoms with van der Waals surface area (Å²) in [6.07, 6.45) is 8.81. The molecule has 3 N–H and O–H groups in total. The zero-order chi connectivity index (χ0) is 28.2. The number of hydrogen-bond donors (Lipinski definition) is 3. The molecular formula is C29H40ClNO6. The van der Waals surface area contributed by atoms with E-state index in [-0.39, 0.29) is 30.9 Å². The van der Waals surface area contributed by atoms with E-state index < -0.39 is 17.8 Å². The number of allylic oxidation sites excluding steroid dienone is 4. The molecule has 0 fully saturated rings. The first-order valence-corrected chi connectivity index (χ1v) is 13.0. The van der Waals surface area contributed by atoms with E-state index in [1.807, 2.05) is 39.8 Å². The predicted molar refractivity (Wildman–Crippen MR) is 149 cm³/mol. The fourth-order valence-electron chi connectivity index (χ4n) is 3.19. The molecule has 0 bridgehead atoms. The van der Waals surface area contributed by atoms with Crippen molar-refractivity contribution in [3.63, 3.8) is 0 Å². The molecule has 0 saturated heterocycles. The molecule has 1 aromatic heterocycles. The fourth-order valence-corrected chi connectivity index (χ4v) is 3.38. The first-order chi connectivity index (χ1) is 17.7. The molecule has 1 amide bonds. The number of furan rings is 1. The van der Waals surface area contributed by atoms with Gasteiger partial charge in [-0.05, 0) is 68.0 Å². The van der Waals surface area contributed by atoms with Crippen LogP contribution < -0.4 is 5.32 Å². The van der Waals surface area contributed by atoms with E-state index in [1.165, 1.54) is 35.3 Å². The average Bonchev–Trinajstić information content (AvgIpc) is 3.32. The molecule has 1 aliphatic rings. The quantitative estimate of drug-likeness (QED) is 0.319. The molecule has 1 heterocycles. The standard InChI is InChI=1S/C15H17Cl.C10H11NO6.2C2H6/c1-12-5-2-3-6-13(10-9-12)14-7-4-8-15(16)11-14;12-8(13)3-4-11-10(16)7-2-1-6(17-7)5-9(14)15;2*1-2/h4-8,11H,2-3,9-10H2,1H3;1-2H,3-5H2,(H,11,16)(H,12,13)(H,14,15);2*1-2H3/b12-5-,13-6?;;;. The molecule has 0 atom stereocenters. The zero-order valence-corrected chi connectivity index (χ0v) is 23.2. The van der Waals surface area contributed by atoms with Crippen molar-refractivity contribution in [3.8, 4) is 0 Å². The maximum Gasteiger partial charge on any atom is 0.311 e. The Morgan fingerprint density at radius 3 is 2.24 bits per heavy atom. The third-order valence-corrected chi connectivity index (χ3v) is 5.10. The lowest BCUT2D eigenvalue weighted by atomic mass is 9.95. The molecule has 0 aliphatic heterocycles. The van der Waals surface area contributed by atoms with Gasteiger partial charge in [-0.3, -0.25) is 14.4 Å². The Morgan fingerprint density at radius 1 is 0.946 bits per heavy atom. The number of nitrogens with one attached hydrogen (secondary N) is 1. The first-order valence-electron chi connectivity index (χ1n) is 12.7. The van der Waals surface area contributed by atoms with Gasteiger partial charge in [-0.2, -0.15) is 0 Å². The van der Waals surface area contributed by atoms with Gasteiger partial charge >= 0.3 is 11.9 Å². The van der Waals surface area contributed by atoms with Crippen LogP contribution in [0.2, 0.25) is 5.02 Å². The molecule has 1 aliphatic carbocycles. The maximum absolute atomic E-state index is 11.4. The van der Waals surface area contributed by atoms with Gasteiger partial charge in [0.1, 0.15) is 12.2 Å². The van der Waals surface area contributed by atoms with Crippen LogP contribution in [0.5, 0.6) is 0 Å². The van der Waals surface area contributed by atoms with Crippen LogP contribution in [0.15, 0.2) is 58.5 Å². The van der Waals surface area contributed by atoms with E-state index in [2.05, 4.69) is 36.5 Å². The summed E-state index contributed by atoms with van der Waals surface area (Å²) >= 11 is 6.03. The van der Waals surface area contributed by atoms with Crippen LogP contribution in [0.25, 0.3) is 5.57 Å². The number of carboxylic acids is 2. The van der Waals surface area contributed by atoms with Crippen molar-refractivity contribution in [2.24, 2.45) is 0 Å². The van der Waals surface area contributed by atoms with Gasteiger partial charge in [0.25, 0.3) is 5.91 Å². The lowest BCUT2D eigenvalue weighted by molar-refractivity contribution is -0.137. The number of benzene rings is 1. The Balaban J connectivity index is 0.000000618. The van der Waals surface area contributed by atoms with Gasteiger partial charge in [0, 0.05) is 11.6 Å². The van der Waals surface area contributed by atoms with Crippen molar-refractivity contribution >= 4 is 35.0 Å². The Hall–Kier alpha value is -3.32. The van der Waals surface area contributed by atoms with Gasteiger partial charge in [0.2, 0.25) is 0 Å². The summed E-state index contributed by atoms with van der Waals surface area (Å²) < 4.78 is 4.97. The predicted octanol–water partition coefficient (Wildman–Crippen LogP) is 7.41. The highest BCUT2D eigenvalue weighted by molar-refractivity contribution is 6.30. The summed E-state index contributed by atoms with van der Waals surface area (Å²) in [5, 5.41) is 20.0. The number of rotatable bonds is 7. The summed E-state index contributed by atoms with van der Waals surface area (Å²) in [5.41, 5.74) is 4.23. The minimum atomic E-state index is -1.06. The van der Waals surface area contributed by atoms with Crippen LogP contribution >= 0.6 is 11.6 Å². The molecule has 8 heteroatoms. The van der Waals surface area contributed by atoms with Crippen LogP contribution in [-0.4, -0.2) is 34.6 Å². The number of halogens is 1. The van der Waals surface area contributed by atoms with Crippen LogP contribution in [0.4, 0.5) is 0 Å². The minimum absolute atomic E-state index is 0.0108. The third-order valence-electron chi connectivity index (χ3n) is 4.87. The molecule has 0 unspecified atom stereocenters. The van der Waals surface area contributed by atoms with Gasteiger partial charge in [-0.25, -0.2) is 0 Å². The van der Waals surface area contributed by atoms with Crippen LogP contribution in [0, 0.1) is 0 Å². The van der Waals surface area contributed by atoms with Crippen molar-refractivity contribution in [2.45, 2.75) is 73.1 Å². The van der Waals surface area contributed by atoms with E-state index in [1.54, 1.807) is 0 Å². The van der Waals surface area contributed by atoms with Gasteiger partial charge in [0.05, 0.1) is 6.42 Å². The highest BCUT2D eigenvalue weighted by Gasteiger charge is 2.12. The number of carbonyl (C=O) groups excluding carboxylic acids is 1. The van der Waals surface area contributed by atoms with Crippen molar-refractivity contribution in [1.82, 2.24) is 5.32 Å². The van der Waals surface area contributed by atoms with E-state index >= 15 is 0 Å². The second-order valence-electron chi connectivity index (χ2n) is 7.60. The van der Waals surface area contributed by atoms with E-state index in [0.29, 0.717) is 0 Å². The van der Waals surface area contributed by atoms with Crippen LogP contribution in [-0.2, 0) is 16.0 Å². The molecule has 3 rings (SSSR count). The molecule has 1 aromatic carbocycles. The topological polar surface area (TPSA) is 117 Å². The number of carboxylic acid groups (broad SMARTS) is 2. The van der Waals surface area contributed by atoms with E-state index in [9.17, 15) is 14.4 Å². The van der Waals surface area contributed by atoms with Crippen molar-refractivity contribution in [3.05, 3.63) is 76.2 Å². The molecule has 0 spiro atoms. The van der Waals surface area contributed by atoms with Gasteiger partial charge in [-0.1, -0.05) is 69.2 Å². The second kappa shape index (κ2) is 19.8. The van der Waals surface area contributed by atoms with Crippen molar-refractivity contribution in [2.75, 3.05) is 6.54 Å². The molecule has 37 heavy (non-hydrogen) atoms. The molecule has 7 nitrogen and oxygen atoms in total. The monoisotopic (exact) mass is 533 g/mol. The summed E-state index contributed by atoms with van der Waals surface area (Å²) in [6.45, 7) is 10.2. The number of carbonyl (C=O) groups is 3.